The zero-order valence-electron chi connectivity index (χ0n) is 10.3. The van der Waals surface area contributed by atoms with Crippen molar-refractivity contribution in [3.8, 4) is 5.88 Å². The van der Waals surface area contributed by atoms with Gasteiger partial charge in [0.1, 0.15) is 12.4 Å². The van der Waals surface area contributed by atoms with Crippen molar-refractivity contribution in [3.63, 3.8) is 0 Å². The third-order valence-electron chi connectivity index (χ3n) is 1.88. The van der Waals surface area contributed by atoms with Gasteiger partial charge < -0.3 is 19.5 Å². The Balaban J connectivity index is 2.19. The van der Waals surface area contributed by atoms with Gasteiger partial charge in [0.25, 0.3) is 0 Å². The molecule has 96 valence electrons. The molecule has 0 aliphatic rings. The molecule has 0 radical (unpaired) electrons. The van der Waals surface area contributed by atoms with Crippen LogP contribution in [-0.2, 0) is 9.47 Å². The highest BCUT2D eigenvalue weighted by atomic mass is 16.5. The van der Waals surface area contributed by atoms with Crippen molar-refractivity contribution >= 4 is 5.82 Å². The summed E-state index contributed by atoms with van der Waals surface area (Å²) in [6.45, 7) is 4.93. The summed E-state index contributed by atoms with van der Waals surface area (Å²) < 4.78 is 15.5. The lowest BCUT2D eigenvalue weighted by molar-refractivity contribution is 0.0536. The molecule has 17 heavy (non-hydrogen) atoms. The first kappa shape index (κ1) is 13.7. The van der Waals surface area contributed by atoms with Gasteiger partial charge >= 0.3 is 0 Å². The minimum absolute atomic E-state index is 0.452. The Morgan fingerprint density at radius 1 is 1.18 bits per heavy atom. The van der Waals surface area contributed by atoms with E-state index in [1.807, 2.05) is 6.92 Å². The van der Waals surface area contributed by atoms with Crippen LogP contribution in [0.3, 0.4) is 0 Å². The van der Waals surface area contributed by atoms with Gasteiger partial charge in [-0.25, -0.2) is 0 Å². The maximum atomic E-state index is 5.39. The second-order valence-corrected chi connectivity index (χ2v) is 3.23. The zero-order valence-corrected chi connectivity index (χ0v) is 10.3. The number of anilines is 1. The fraction of sp³-hybridized carbons (Fsp3) is 0.636. The number of ether oxygens (including phenoxy) is 3. The number of aromatic nitrogens is 2. The predicted octanol–water partition coefficient (Wildman–Crippen LogP) is 0.950. The highest BCUT2D eigenvalue weighted by molar-refractivity contribution is 5.32. The van der Waals surface area contributed by atoms with Crippen molar-refractivity contribution < 1.29 is 14.2 Å². The van der Waals surface area contributed by atoms with Crippen molar-refractivity contribution in [1.29, 1.82) is 0 Å². The number of methoxy groups -OCH3 is 1. The van der Waals surface area contributed by atoms with Crippen LogP contribution >= 0.6 is 0 Å². The molecule has 6 heteroatoms. The molecule has 1 N–H and O–H groups in total. The normalized spacial score (nSPS) is 10.2. The maximum Gasteiger partial charge on any atom is 0.234 e. The molecule has 1 heterocycles. The average Bonchev–Trinajstić information content (AvgIpc) is 2.35. The third kappa shape index (κ3) is 6.03. The molecule has 0 fully saturated rings. The molecule has 0 spiro atoms. The smallest absolute Gasteiger partial charge is 0.234 e. The van der Waals surface area contributed by atoms with Crippen LogP contribution in [0.4, 0.5) is 5.82 Å². The highest BCUT2D eigenvalue weighted by Crippen LogP contribution is 2.08. The molecule has 1 aromatic rings. The molecular weight excluding hydrogens is 222 g/mol. The molecule has 0 atom stereocenters. The molecular formula is C11H19N3O3. The van der Waals surface area contributed by atoms with Crippen LogP contribution in [0, 0.1) is 0 Å². The Morgan fingerprint density at radius 2 is 2.00 bits per heavy atom. The van der Waals surface area contributed by atoms with Gasteiger partial charge in [0, 0.05) is 13.7 Å². The van der Waals surface area contributed by atoms with Gasteiger partial charge in [0.2, 0.25) is 5.88 Å². The summed E-state index contributed by atoms with van der Waals surface area (Å²) in [5.74, 6) is 1.21. The zero-order chi connectivity index (χ0) is 12.3. The third-order valence-corrected chi connectivity index (χ3v) is 1.88. The Labute approximate surface area is 101 Å². The van der Waals surface area contributed by atoms with Crippen LogP contribution in [0.5, 0.6) is 5.88 Å². The molecule has 0 bridgehead atoms. The van der Waals surface area contributed by atoms with Crippen molar-refractivity contribution in [2.75, 3.05) is 45.4 Å². The number of hydrogen-bond acceptors (Lipinski definition) is 6. The SMILES string of the molecule is CCNc1cncc(OCCOCCOC)n1. The first-order valence-electron chi connectivity index (χ1n) is 5.62. The van der Waals surface area contributed by atoms with Crippen LogP contribution < -0.4 is 10.1 Å². The summed E-state index contributed by atoms with van der Waals surface area (Å²) >= 11 is 0. The standard InChI is InChI=1S/C11H19N3O3/c1-3-13-10-8-12-9-11(14-10)17-7-6-16-5-4-15-2/h8-9H,3-7H2,1-2H3,(H,13,14). The molecule has 0 aromatic carbocycles. The number of nitrogens with one attached hydrogen (secondary N) is 1. The minimum Gasteiger partial charge on any atom is -0.474 e. The van der Waals surface area contributed by atoms with E-state index in [4.69, 9.17) is 14.2 Å². The fourth-order valence-electron chi connectivity index (χ4n) is 1.13. The van der Waals surface area contributed by atoms with Crippen LogP contribution in [0.1, 0.15) is 6.92 Å². The molecule has 0 saturated heterocycles. The van der Waals surface area contributed by atoms with Crippen molar-refractivity contribution in [2.24, 2.45) is 0 Å². The Kier molecular flexibility index (Phi) is 7.01. The van der Waals surface area contributed by atoms with E-state index in [0.717, 1.165) is 6.54 Å². The van der Waals surface area contributed by atoms with E-state index in [9.17, 15) is 0 Å². The monoisotopic (exact) mass is 241 g/mol. The second-order valence-electron chi connectivity index (χ2n) is 3.23. The van der Waals surface area contributed by atoms with Gasteiger partial charge in [-0.05, 0) is 6.92 Å². The van der Waals surface area contributed by atoms with Crippen LogP contribution in [0.25, 0.3) is 0 Å². The summed E-state index contributed by atoms with van der Waals surface area (Å²) in [5, 5.41) is 3.06. The molecule has 0 amide bonds. The van der Waals surface area contributed by atoms with Crippen LogP contribution in [-0.4, -0.2) is 50.1 Å². The van der Waals surface area contributed by atoms with E-state index >= 15 is 0 Å². The first-order valence-corrected chi connectivity index (χ1v) is 5.62. The quantitative estimate of drug-likeness (QED) is 0.649. The Bertz CT molecular complexity index is 310. The van der Waals surface area contributed by atoms with Crippen molar-refractivity contribution in [3.05, 3.63) is 12.4 Å². The summed E-state index contributed by atoms with van der Waals surface area (Å²) in [5.41, 5.74) is 0. The second kappa shape index (κ2) is 8.72. The lowest BCUT2D eigenvalue weighted by Crippen LogP contribution is -2.11. The maximum absolute atomic E-state index is 5.39. The van der Waals surface area contributed by atoms with E-state index in [1.165, 1.54) is 0 Å². The Hall–Kier alpha value is -1.40. The highest BCUT2D eigenvalue weighted by Gasteiger charge is 1.98. The van der Waals surface area contributed by atoms with Gasteiger partial charge in [0.05, 0.1) is 32.2 Å². The molecule has 1 aromatic heterocycles. The summed E-state index contributed by atoms with van der Waals surface area (Å²) in [7, 11) is 1.64. The summed E-state index contributed by atoms with van der Waals surface area (Å²) in [6.07, 6.45) is 3.24. The van der Waals surface area contributed by atoms with E-state index in [1.54, 1.807) is 19.5 Å². The largest absolute Gasteiger partial charge is 0.474 e. The van der Waals surface area contributed by atoms with Gasteiger partial charge in [-0.2, -0.15) is 4.98 Å². The minimum atomic E-state index is 0.452. The fourth-order valence-corrected chi connectivity index (χ4v) is 1.13. The molecule has 0 aliphatic heterocycles. The number of rotatable bonds is 9. The lowest BCUT2D eigenvalue weighted by Gasteiger charge is -2.07. The molecule has 6 nitrogen and oxygen atoms in total. The molecule has 0 saturated carbocycles. The van der Waals surface area contributed by atoms with Gasteiger partial charge in [-0.15, -0.1) is 0 Å². The first-order chi connectivity index (χ1) is 8.36. The predicted molar refractivity (Wildman–Crippen MR) is 64.4 cm³/mol. The Morgan fingerprint density at radius 3 is 2.76 bits per heavy atom. The molecule has 0 unspecified atom stereocenters. The van der Waals surface area contributed by atoms with E-state index in [-0.39, 0.29) is 0 Å². The summed E-state index contributed by atoms with van der Waals surface area (Å²) in [6, 6.07) is 0. The average molecular weight is 241 g/mol. The van der Waals surface area contributed by atoms with Crippen LogP contribution in [0.15, 0.2) is 12.4 Å². The van der Waals surface area contributed by atoms with Crippen LogP contribution in [0.2, 0.25) is 0 Å². The number of nitrogens with zero attached hydrogens (tertiary/aromatic N) is 2. The van der Waals surface area contributed by atoms with Gasteiger partial charge in [-0.3, -0.25) is 4.98 Å². The van der Waals surface area contributed by atoms with Gasteiger partial charge in [0.15, 0.2) is 0 Å². The molecule has 0 aliphatic carbocycles. The lowest BCUT2D eigenvalue weighted by atomic mass is 10.6. The van der Waals surface area contributed by atoms with E-state index in [0.29, 0.717) is 38.1 Å². The van der Waals surface area contributed by atoms with Crippen molar-refractivity contribution in [1.82, 2.24) is 9.97 Å². The van der Waals surface area contributed by atoms with E-state index < -0.39 is 0 Å². The topological polar surface area (TPSA) is 65.5 Å². The van der Waals surface area contributed by atoms with Crippen molar-refractivity contribution in [2.45, 2.75) is 6.92 Å². The molecule has 1 rings (SSSR count). The number of hydrogen-bond donors (Lipinski definition) is 1. The summed E-state index contributed by atoms with van der Waals surface area (Å²) in [4.78, 5) is 8.24. The van der Waals surface area contributed by atoms with Gasteiger partial charge in [-0.1, -0.05) is 0 Å². The van der Waals surface area contributed by atoms with E-state index in [2.05, 4.69) is 15.3 Å².